The van der Waals surface area contributed by atoms with Crippen LogP contribution in [0.1, 0.15) is 6.23 Å². The van der Waals surface area contributed by atoms with Crippen LogP contribution in [0.2, 0.25) is 0 Å². The average Bonchev–Trinajstić information content (AvgIpc) is 2.96. The van der Waals surface area contributed by atoms with Crippen molar-refractivity contribution in [2.24, 2.45) is 5.11 Å². The Morgan fingerprint density at radius 3 is 3.04 bits per heavy atom. The Morgan fingerprint density at radius 2 is 2.42 bits per heavy atom. The molecule has 1 saturated heterocycles. The van der Waals surface area contributed by atoms with Gasteiger partial charge in [-0.25, -0.2) is 4.79 Å². The van der Waals surface area contributed by atoms with E-state index in [1.165, 1.54) is 28.6 Å². The van der Waals surface area contributed by atoms with Gasteiger partial charge in [0.05, 0.1) is 25.4 Å². The van der Waals surface area contributed by atoms with Gasteiger partial charge in [0.1, 0.15) is 18.5 Å². The molecular weight excluding hydrogens is 384 g/mol. The first-order chi connectivity index (χ1) is 12.5. The second-order valence-electron chi connectivity index (χ2n) is 5.12. The highest BCUT2D eigenvalue weighted by Crippen LogP contribution is 2.33. The van der Waals surface area contributed by atoms with Crippen LogP contribution in [-0.2, 0) is 14.2 Å². The minimum Gasteiger partial charge on any atom is -0.476 e. The standard InChI is InChI=1S/C13H18N6O5S2/c1-26-13(25)23-5-4-22-10-9(17-18-15)7(6-20)24-11(10)19-3-2-8(14)16-12(19)21/h2-3,7,9-11,20H,4-6H2,1H3,(H2,14,16,21)/t7-,9-,10-,11-/m1/s1. The van der Waals surface area contributed by atoms with E-state index < -0.39 is 36.8 Å². The van der Waals surface area contributed by atoms with E-state index in [1.807, 2.05) is 0 Å². The molecule has 2 heterocycles. The molecule has 0 bridgehead atoms. The predicted octanol–water partition coefficient (Wildman–Crippen LogP) is 0.444. The van der Waals surface area contributed by atoms with Gasteiger partial charge in [0.2, 0.25) is 4.38 Å². The Kier molecular flexibility index (Phi) is 7.63. The highest BCUT2D eigenvalue weighted by Gasteiger charge is 2.46. The number of thioether (sulfide) groups is 1. The van der Waals surface area contributed by atoms with Crippen molar-refractivity contribution >= 4 is 34.2 Å². The molecule has 13 heteroatoms. The zero-order chi connectivity index (χ0) is 19.1. The third-order valence-corrected chi connectivity index (χ3v) is 4.65. The number of nitrogen functional groups attached to an aromatic ring is 1. The zero-order valence-corrected chi connectivity index (χ0v) is 15.4. The molecule has 4 atom stereocenters. The summed E-state index contributed by atoms with van der Waals surface area (Å²) in [5.41, 5.74) is 13.6. The third-order valence-electron chi connectivity index (χ3n) is 3.58. The first-order valence-corrected chi connectivity index (χ1v) is 9.12. The molecule has 0 aliphatic carbocycles. The molecule has 1 aliphatic heterocycles. The van der Waals surface area contributed by atoms with Crippen LogP contribution in [0.3, 0.4) is 0 Å². The molecule has 1 aromatic heterocycles. The highest BCUT2D eigenvalue weighted by atomic mass is 32.2. The van der Waals surface area contributed by atoms with E-state index in [9.17, 15) is 9.90 Å². The Bertz CT molecular complexity index is 740. The lowest BCUT2D eigenvalue weighted by Gasteiger charge is -2.22. The van der Waals surface area contributed by atoms with Crippen LogP contribution in [-0.4, -0.2) is 63.4 Å². The number of hydrogen-bond acceptors (Lipinski definition) is 10. The lowest BCUT2D eigenvalue weighted by Crippen LogP contribution is -2.37. The smallest absolute Gasteiger partial charge is 0.351 e. The van der Waals surface area contributed by atoms with Gasteiger partial charge in [-0.05, 0) is 30.1 Å². The van der Waals surface area contributed by atoms with Gasteiger partial charge in [0.15, 0.2) is 6.23 Å². The van der Waals surface area contributed by atoms with E-state index in [0.717, 1.165) is 0 Å². The number of azide groups is 1. The van der Waals surface area contributed by atoms with Crippen LogP contribution in [0.25, 0.3) is 10.4 Å². The molecule has 142 valence electrons. The fourth-order valence-corrected chi connectivity index (χ4v) is 2.74. The number of aliphatic hydroxyl groups excluding tert-OH is 1. The third kappa shape index (κ3) is 4.84. The van der Waals surface area contributed by atoms with Crippen LogP contribution in [0.15, 0.2) is 22.2 Å². The van der Waals surface area contributed by atoms with E-state index in [4.69, 9.17) is 37.7 Å². The van der Waals surface area contributed by atoms with Crippen molar-refractivity contribution in [1.82, 2.24) is 9.55 Å². The first kappa shape index (κ1) is 20.4. The quantitative estimate of drug-likeness (QED) is 0.217. The van der Waals surface area contributed by atoms with Crippen molar-refractivity contribution in [2.75, 3.05) is 31.8 Å². The monoisotopic (exact) mass is 402 g/mol. The topological polar surface area (TPSA) is 158 Å². The Hall–Kier alpha value is -1.89. The number of ether oxygens (including phenoxy) is 3. The Balaban J connectivity index is 2.21. The minimum absolute atomic E-state index is 0.0611. The summed E-state index contributed by atoms with van der Waals surface area (Å²) >= 11 is 6.21. The van der Waals surface area contributed by atoms with Crippen molar-refractivity contribution in [3.05, 3.63) is 33.2 Å². The van der Waals surface area contributed by atoms with Gasteiger partial charge in [-0.15, -0.1) is 0 Å². The molecule has 2 rings (SSSR count). The van der Waals surface area contributed by atoms with Crippen molar-refractivity contribution in [3.63, 3.8) is 0 Å². The second-order valence-corrected chi connectivity index (χ2v) is 6.53. The number of rotatable bonds is 7. The number of nitrogens with two attached hydrogens (primary N) is 1. The van der Waals surface area contributed by atoms with E-state index >= 15 is 0 Å². The molecule has 0 unspecified atom stereocenters. The predicted molar refractivity (Wildman–Crippen MR) is 98.6 cm³/mol. The number of anilines is 1. The van der Waals surface area contributed by atoms with Crippen LogP contribution >= 0.6 is 24.0 Å². The molecule has 1 aromatic rings. The van der Waals surface area contributed by atoms with Crippen molar-refractivity contribution in [2.45, 2.75) is 24.5 Å². The maximum absolute atomic E-state index is 12.1. The molecule has 3 N–H and O–H groups in total. The van der Waals surface area contributed by atoms with Crippen molar-refractivity contribution < 1.29 is 19.3 Å². The number of thiocarbonyl (C=S) groups is 1. The lowest BCUT2D eigenvalue weighted by molar-refractivity contribution is -0.0762. The summed E-state index contributed by atoms with van der Waals surface area (Å²) in [6, 6.07) is 0.586. The summed E-state index contributed by atoms with van der Waals surface area (Å²) in [6.45, 7) is -0.132. The Morgan fingerprint density at radius 1 is 1.65 bits per heavy atom. The molecule has 0 amide bonds. The molecule has 1 aliphatic rings. The maximum Gasteiger partial charge on any atom is 0.351 e. The van der Waals surface area contributed by atoms with Gasteiger partial charge >= 0.3 is 5.69 Å². The molecule has 0 spiro atoms. The first-order valence-electron chi connectivity index (χ1n) is 7.49. The van der Waals surface area contributed by atoms with Gasteiger partial charge in [-0.3, -0.25) is 4.57 Å². The summed E-state index contributed by atoms with van der Waals surface area (Å²) in [7, 11) is 0. The summed E-state index contributed by atoms with van der Waals surface area (Å²) < 4.78 is 18.2. The van der Waals surface area contributed by atoms with Crippen molar-refractivity contribution in [3.8, 4) is 0 Å². The summed E-state index contributed by atoms with van der Waals surface area (Å²) in [5, 5.41) is 13.2. The van der Waals surface area contributed by atoms with Crippen molar-refractivity contribution in [1.29, 1.82) is 0 Å². The van der Waals surface area contributed by atoms with E-state index in [1.54, 1.807) is 6.26 Å². The Labute approximate surface area is 158 Å². The van der Waals surface area contributed by atoms with E-state index in [0.29, 0.717) is 4.38 Å². The average molecular weight is 402 g/mol. The van der Waals surface area contributed by atoms with Gasteiger partial charge < -0.3 is 25.1 Å². The molecular formula is C13H18N6O5S2. The molecule has 26 heavy (non-hydrogen) atoms. The van der Waals surface area contributed by atoms with Crippen LogP contribution < -0.4 is 11.4 Å². The minimum atomic E-state index is -0.948. The molecule has 11 nitrogen and oxygen atoms in total. The number of hydrogen-bond donors (Lipinski definition) is 2. The zero-order valence-electron chi connectivity index (χ0n) is 13.8. The summed E-state index contributed by atoms with van der Waals surface area (Å²) in [5.74, 6) is 0.0611. The fourth-order valence-electron chi connectivity index (χ4n) is 2.46. The number of aliphatic hydroxyl groups is 1. The van der Waals surface area contributed by atoms with Gasteiger partial charge in [-0.1, -0.05) is 16.9 Å². The van der Waals surface area contributed by atoms with Crippen LogP contribution in [0, 0.1) is 0 Å². The summed E-state index contributed by atoms with van der Waals surface area (Å²) in [6.07, 6.45) is 0.568. The van der Waals surface area contributed by atoms with Crippen LogP contribution in [0.5, 0.6) is 0 Å². The lowest BCUT2D eigenvalue weighted by atomic mass is 10.1. The number of nitrogens with zero attached hydrogens (tertiary/aromatic N) is 5. The van der Waals surface area contributed by atoms with Gasteiger partial charge in [0, 0.05) is 11.1 Å². The number of aromatic nitrogens is 2. The largest absolute Gasteiger partial charge is 0.476 e. The maximum atomic E-state index is 12.1. The van der Waals surface area contributed by atoms with E-state index in [-0.39, 0.29) is 19.0 Å². The summed E-state index contributed by atoms with van der Waals surface area (Å²) in [4.78, 5) is 18.5. The molecule has 0 radical (unpaired) electrons. The molecule has 0 saturated carbocycles. The van der Waals surface area contributed by atoms with Crippen LogP contribution in [0.4, 0.5) is 5.82 Å². The van der Waals surface area contributed by atoms with Gasteiger partial charge in [0.25, 0.3) is 0 Å². The molecule has 1 fully saturated rings. The second kappa shape index (κ2) is 9.71. The molecule has 0 aromatic carbocycles. The highest BCUT2D eigenvalue weighted by molar-refractivity contribution is 8.22. The SMILES string of the molecule is CSC(=S)OCCO[C@@H]1[C@H](N=[N+]=[N-])[C@@H](CO)O[C@H]1n1ccc(N)nc1=O. The fraction of sp³-hybridized carbons (Fsp3) is 0.615. The normalized spacial score (nSPS) is 24.8. The van der Waals surface area contributed by atoms with Gasteiger partial charge in [-0.2, -0.15) is 4.98 Å². The van der Waals surface area contributed by atoms with E-state index in [2.05, 4.69) is 15.0 Å².